The van der Waals surface area contributed by atoms with Gasteiger partial charge in [-0.3, -0.25) is 0 Å². The minimum Gasteiger partial charge on any atom is -0.340 e. The molecule has 0 unspecified atom stereocenters. The summed E-state index contributed by atoms with van der Waals surface area (Å²) in [7, 11) is 0. The smallest absolute Gasteiger partial charge is 0.139 e. The van der Waals surface area contributed by atoms with E-state index in [0.29, 0.717) is 21.1 Å². The minimum atomic E-state index is -0.319. The lowest BCUT2D eigenvalue weighted by Crippen LogP contribution is -1.97. The number of nitrogens with one attached hydrogen (secondary N) is 1. The molecule has 0 aliphatic rings. The van der Waals surface area contributed by atoms with E-state index in [4.69, 9.17) is 11.6 Å². The molecule has 17 heavy (non-hydrogen) atoms. The van der Waals surface area contributed by atoms with Gasteiger partial charge in [0.05, 0.1) is 4.47 Å². The van der Waals surface area contributed by atoms with Crippen molar-refractivity contribution >= 4 is 39.0 Å². The Balaban J connectivity index is 2.33. The lowest BCUT2D eigenvalue weighted by Gasteiger charge is -2.10. The quantitative estimate of drug-likeness (QED) is 0.813. The average molecular weight is 316 g/mol. The summed E-state index contributed by atoms with van der Waals surface area (Å²) < 4.78 is 13.9. The number of aromatic nitrogens is 1. The Hall–Kier alpha value is -1.13. The van der Waals surface area contributed by atoms with Crippen molar-refractivity contribution in [3.05, 3.63) is 51.3 Å². The predicted molar refractivity (Wildman–Crippen MR) is 71.4 cm³/mol. The van der Waals surface area contributed by atoms with Crippen LogP contribution >= 0.6 is 27.5 Å². The number of aryl methyl sites for hydroxylation is 1. The molecule has 1 N–H and O–H groups in total. The fourth-order valence-electron chi connectivity index (χ4n) is 1.40. The predicted octanol–water partition coefficient (Wildman–Crippen LogP) is 4.69. The Morgan fingerprint density at radius 2 is 2.12 bits per heavy atom. The average Bonchev–Trinajstić information content (AvgIpc) is 2.26. The summed E-state index contributed by atoms with van der Waals surface area (Å²) in [6.45, 7) is 1.89. The number of pyridine rings is 1. The molecule has 2 nitrogen and oxygen atoms in total. The molecule has 0 spiro atoms. The molecule has 0 saturated carbocycles. The van der Waals surface area contributed by atoms with Gasteiger partial charge in [-0.1, -0.05) is 17.7 Å². The summed E-state index contributed by atoms with van der Waals surface area (Å²) >= 11 is 8.91. The second kappa shape index (κ2) is 5.02. The first-order valence-corrected chi connectivity index (χ1v) is 6.08. The number of rotatable bonds is 2. The van der Waals surface area contributed by atoms with Crippen LogP contribution < -0.4 is 5.32 Å². The van der Waals surface area contributed by atoms with Crippen molar-refractivity contribution in [2.24, 2.45) is 0 Å². The second-order valence-corrected chi connectivity index (χ2v) is 4.79. The van der Waals surface area contributed by atoms with Gasteiger partial charge in [0.2, 0.25) is 0 Å². The van der Waals surface area contributed by atoms with E-state index < -0.39 is 0 Å². The topological polar surface area (TPSA) is 24.9 Å². The molecule has 1 aromatic carbocycles. The van der Waals surface area contributed by atoms with Crippen LogP contribution in [0.4, 0.5) is 15.9 Å². The van der Waals surface area contributed by atoms with Crippen molar-refractivity contribution in [2.45, 2.75) is 6.92 Å². The first-order chi connectivity index (χ1) is 8.06. The molecule has 1 heterocycles. The van der Waals surface area contributed by atoms with Gasteiger partial charge in [0, 0.05) is 5.69 Å². The second-order valence-electron chi connectivity index (χ2n) is 3.55. The maximum absolute atomic E-state index is 13.4. The Morgan fingerprint density at radius 1 is 1.35 bits per heavy atom. The molecule has 0 atom stereocenters. The lowest BCUT2D eigenvalue weighted by atomic mass is 10.2. The van der Waals surface area contributed by atoms with Crippen LogP contribution in [0.2, 0.25) is 5.15 Å². The molecular weight excluding hydrogens is 307 g/mol. The number of benzene rings is 1. The highest BCUT2D eigenvalue weighted by Crippen LogP contribution is 2.26. The van der Waals surface area contributed by atoms with Gasteiger partial charge in [0.1, 0.15) is 16.8 Å². The van der Waals surface area contributed by atoms with Crippen molar-refractivity contribution < 1.29 is 4.39 Å². The Kier molecular flexibility index (Phi) is 3.64. The van der Waals surface area contributed by atoms with Crippen molar-refractivity contribution in [3.8, 4) is 0 Å². The van der Waals surface area contributed by atoms with Crippen LogP contribution in [-0.4, -0.2) is 4.98 Å². The van der Waals surface area contributed by atoms with E-state index in [1.54, 1.807) is 24.3 Å². The molecular formula is C12H9BrClFN2. The molecule has 0 bridgehead atoms. The molecule has 88 valence electrons. The van der Waals surface area contributed by atoms with E-state index in [9.17, 15) is 4.39 Å². The molecule has 0 radical (unpaired) electrons. The van der Waals surface area contributed by atoms with E-state index in [-0.39, 0.29) is 5.82 Å². The number of hydrogen-bond acceptors (Lipinski definition) is 2. The Bertz CT molecular complexity index is 560. The van der Waals surface area contributed by atoms with E-state index >= 15 is 0 Å². The SMILES string of the molecule is Cc1cc(Br)c(F)cc1Nc1cccc(Cl)n1. The van der Waals surface area contributed by atoms with Crippen LogP contribution in [0.1, 0.15) is 5.56 Å². The standard InChI is InChI=1S/C12H9BrClFN2/c1-7-5-8(13)9(15)6-10(7)16-12-4-2-3-11(14)17-12/h2-6H,1H3,(H,16,17). The van der Waals surface area contributed by atoms with E-state index in [1.807, 2.05) is 6.92 Å². The van der Waals surface area contributed by atoms with E-state index in [2.05, 4.69) is 26.2 Å². The van der Waals surface area contributed by atoms with E-state index in [1.165, 1.54) is 6.07 Å². The molecule has 0 aliphatic heterocycles. The number of nitrogens with zero attached hydrogens (tertiary/aromatic N) is 1. The van der Waals surface area contributed by atoms with Gasteiger partial charge < -0.3 is 5.32 Å². The van der Waals surface area contributed by atoms with Crippen LogP contribution in [-0.2, 0) is 0 Å². The third-order valence-corrected chi connectivity index (χ3v) is 3.06. The van der Waals surface area contributed by atoms with Gasteiger partial charge in [-0.15, -0.1) is 0 Å². The summed E-state index contributed by atoms with van der Waals surface area (Å²) in [6.07, 6.45) is 0. The zero-order valence-corrected chi connectivity index (χ0v) is 11.3. The van der Waals surface area contributed by atoms with Gasteiger partial charge in [0.25, 0.3) is 0 Å². The highest BCUT2D eigenvalue weighted by Gasteiger charge is 2.06. The third-order valence-electron chi connectivity index (χ3n) is 2.25. The first-order valence-electron chi connectivity index (χ1n) is 4.91. The monoisotopic (exact) mass is 314 g/mol. The van der Waals surface area contributed by atoms with E-state index in [0.717, 1.165) is 5.56 Å². The van der Waals surface area contributed by atoms with Gasteiger partial charge in [0.15, 0.2) is 0 Å². The highest BCUT2D eigenvalue weighted by molar-refractivity contribution is 9.10. The van der Waals surface area contributed by atoms with Gasteiger partial charge >= 0.3 is 0 Å². The largest absolute Gasteiger partial charge is 0.340 e. The van der Waals surface area contributed by atoms with Crippen molar-refractivity contribution in [2.75, 3.05) is 5.32 Å². The molecule has 1 aromatic heterocycles. The zero-order valence-electron chi connectivity index (χ0n) is 8.97. The van der Waals surface area contributed by atoms with Crippen LogP contribution in [0.5, 0.6) is 0 Å². The fourth-order valence-corrected chi connectivity index (χ4v) is 2.02. The fraction of sp³-hybridized carbons (Fsp3) is 0.0833. The summed E-state index contributed by atoms with van der Waals surface area (Å²) in [6, 6.07) is 8.36. The van der Waals surface area contributed by atoms with Gasteiger partial charge in [-0.2, -0.15) is 0 Å². The molecule has 0 saturated heterocycles. The first kappa shape index (κ1) is 12.3. The third kappa shape index (κ3) is 2.96. The number of halogens is 3. The van der Waals surface area contributed by atoms with Gasteiger partial charge in [-0.05, 0) is 52.7 Å². The van der Waals surface area contributed by atoms with Crippen molar-refractivity contribution in [3.63, 3.8) is 0 Å². The maximum atomic E-state index is 13.4. The van der Waals surface area contributed by atoms with Crippen LogP contribution in [0, 0.1) is 12.7 Å². The normalized spacial score (nSPS) is 10.4. The number of anilines is 2. The van der Waals surface area contributed by atoms with Crippen molar-refractivity contribution in [1.82, 2.24) is 4.98 Å². The summed E-state index contributed by atoms with van der Waals surface area (Å²) in [5.74, 6) is 0.266. The Labute approximate surface area is 112 Å². The van der Waals surface area contributed by atoms with Crippen LogP contribution in [0.15, 0.2) is 34.8 Å². The molecule has 5 heteroatoms. The summed E-state index contributed by atoms with van der Waals surface area (Å²) in [5, 5.41) is 3.42. The van der Waals surface area contributed by atoms with Crippen LogP contribution in [0.3, 0.4) is 0 Å². The Morgan fingerprint density at radius 3 is 2.82 bits per heavy atom. The van der Waals surface area contributed by atoms with Crippen LogP contribution in [0.25, 0.3) is 0 Å². The molecule has 2 rings (SSSR count). The maximum Gasteiger partial charge on any atom is 0.139 e. The van der Waals surface area contributed by atoms with Crippen molar-refractivity contribution in [1.29, 1.82) is 0 Å². The molecule has 0 amide bonds. The lowest BCUT2D eigenvalue weighted by molar-refractivity contribution is 0.621. The summed E-state index contributed by atoms with van der Waals surface area (Å²) in [4.78, 5) is 4.08. The molecule has 0 fully saturated rings. The minimum absolute atomic E-state index is 0.319. The van der Waals surface area contributed by atoms with Gasteiger partial charge in [-0.25, -0.2) is 9.37 Å². The highest BCUT2D eigenvalue weighted by atomic mass is 79.9. The summed E-state index contributed by atoms with van der Waals surface area (Å²) in [5.41, 5.74) is 1.58. The molecule has 0 aliphatic carbocycles. The molecule has 2 aromatic rings. The zero-order chi connectivity index (χ0) is 12.4. The number of hydrogen-bond donors (Lipinski definition) is 1.